The summed E-state index contributed by atoms with van der Waals surface area (Å²) in [5.41, 5.74) is 0. The lowest BCUT2D eigenvalue weighted by atomic mass is 10.3. The van der Waals surface area contributed by atoms with E-state index < -0.39 is 16.6 Å². The molecule has 0 saturated carbocycles. The van der Waals surface area contributed by atoms with Crippen LogP contribution in [0.2, 0.25) is 38.3 Å². The molecule has 4 amide bonds. The number of carbonyl (C=O) groups excluding carboxylic acids is 2. The van der Waals surface area contributed by atoms with Gasteiger partial charge in [-0.1, -0.05) is 6.42 Å². The Morgan fingerprint density at radius 3 is 1.45 bits per heavy atom. The zero-order chi connectivity index (χ0) is 22.2. The van der Waals surface area contributed by atoms with Crippen molar-refractivity contribution in [2.45, 2.75) is 71.4 Å². The van der Waals surface area contributed by atoms with Crippen LogP contribution < -0.4 is 21.3 Å². The van der Waals surface area contributed by atoms with E-state index in [1.165, 1.54) is 0 Å². The second-order valence-electron chi connectivity index (χ2n) is 8.31. The first kappa shape index (κ1) is 27.9. The number of carbonyl (C=O) groups is 2. The monoisotopic (exact) mass is 448 g/mol. The summed E-state index contributed by atoms with van der Waals surface area (Å²) in [7, 11) is -3.10. The van der Waals surface area contributed by atoms with Crippen molar-refractivity contribution in [2.24, 2.45) is 0 Å². The normalized spacial score (nSPS) is 11.8. The Balaban J connectivity index is 3.60. The molecule has 0 aromatic carbocycles. The average molecular weight is 449 g/mol. The van der Waals surface area contributed by atoms with Gasteiger partial charge in [0.1, 0.15) is 0 Å². The Bertz CT molecular complexity index is 465. The van der Waals surface area contributed by atoms with Crippen LogP contribution in [0.4, 0.5) is 9.59 Å². The lowest BCUT2D eigenvalue weighted by Crippen LogP contribution is -2.43. The average Bonchev–Trinajstić information content (AvgIpc) is 2.62. The van der Waals surface area contributed by atoms with Crippen molar-refractivity contribution in [3.8, 4) is 0 Å². The number of amides is 4. The largest absolute Gasteiger partial charge is 0.418 e. The number of hydrogen-bond acceptors (Lipinski definition) is 4. The van der Waals surface area contributed by atoms with Crippen molar-refractivity contribution in [3.05, 3.63) is 0 Å². The van der Waals surface area contributed by atoms with Crippen molar-refractivity contribution in [1.82, 2.24) is 21.3 Å². The summed E-state index contributed by atoms with van der Waals surface area (Å²) in [5.74, 6) is 0. The predicted molar refractivity (Wildman–Crippen MR) is 124 cm³/mol. The minimum atomic E-state index is -1.58. The van der Waals surface area contributed by atoms with E-state index in [0.29, 0.717) is 26.2 Å². The molecule has 0 unspecified atom stereocenters. The molecule has 0 fully saturated rings. The van der Waals surface area contributed by atoms with Crippen LogP contribution in [-0.2, 0) is 8.85 Å². The number of urea groups is 2. The lowest BCUT2D eigenvalue weighted by molar-refractivity contribution is 0.236. The minimum absolute atomic E-state index is 0.198. The van der Waals surface area contributed by atoms with Gasteiger partial charge in [0.2, 0.25) is 0 Å². The smallest absolute Gasteiger partial charge is 0.314 e. The highest BCUT2D eigenvalue weighted by molar-refractivity contribution is 6.71. The zero-order valence-corrected chi connectivity index (χ0v) is 21.4. The van der Waals surface area contributed by atoms with Gasteiger partial charge in [0, 0.05) is 39.4 Å². The maximum atomic E-state index is 11.7. The van der Waals surface area contributed by atoms with E-state index in [-0.39, 0.29) is 12.1 Å². The van der Waals surface area contributed by atoms with Crippen molar-refractivity contribution in [2.75, 3.05) is 39.4 Å². The summed E-state index contributed by atoms with van der Waals surface area (Å²) in [6.07, 6.45) is 2.92. The predicted octanol–water partition coefficient (Wildman–Crippen LogP) is 3.24. The summed E-state index contributed by atoms with van der Waals surface area (Å²) < 4.78 is 11.6. The fraction of sp³-hybridized carbons (Fsp3) is 0.895. The van der Waals surface area contributed by atoms with E-state index in [1.54, 1.807) is 0 Å². The molecule has 0 aromatic heterocycles. The third-order valence-electron chi connectivity index (χ3n) is 4.50. The van der Waals surface area contributed by atoms with E-state index in [4.69, 9.17) is 8.85 Å². The number of rotatable bonds is 16. The van der Waals surface area contributed by atoms with Crippen LogP contribution in [0, 0.1) is 0 Å². The molecule has 10 heteroatoms. The summed E-state index contributed by atoms with van der Waals surface area (Å²) in [6, 6.07) is 1.73. The lowest BCUT2D eigenvalue weighted by Gasteiger charge is -2.21. The molecule has 0 heterocycles. The van der Waals surface area contributed by atoms with E-state index in [1.807, 2.05) is 13.8 Å². The molecule has 0 spiro atoms. The van der Waals surface area contributed by atoms with Gasteiger partial charge in [-0.05, 0) is 65.0 Å². The molecule has 8 nitrogen and oxygen atoms in total. The zero-order valence-electron chi connectivity index (χ0n) is 19.4. The van der Waals surface area contributed by atoms with Gasteiger partial charge in [0.05, 0.1) is 0 Å². The van der Waals surface area contributed by atoms with Gasteiger partial charge in [-0.15, -0.1) is 0 Å². The molecular formula is C19H44N4O4Si2. The first-order valence-electron chi connectivity index (χ1n) is 10.9. The summed E-state index contributed by atoms with van der Waals surface area (Å²) >= 11 is 0. The Morgan fingerprint density at radius 1 is 0.621 bits per heavy atom. The van der Waals surface area contributed by atoms with Gasteiger partial charge in [-0.2, -0.15) is 0 Å². The standard InChI is InChI=1S/C19H44N4O4Si2/c1-7-26-28(3,4)16-10-9-12-20-18(24)22-14-15-23-19(25)21-13-11-17-29(5,6)27-8-2/h7-17H2,1-6H3,(H2,20,22,24)(H2,21,23,25). The Labute approximate surface area is 179 Å². The Morgan fingerprint density at radius 2 is 1.00 bits per heavy atom. The summed E-state index contributed by atoms with van der Waals surface area (Å²) in [5, 5.41) is 11.2. The van der Waals surface area contributed by atoms with E-state index >= 15 is 0 Å². The molecule has 0 rings (SSSR count). The quantitative estimate of drug-likeness (QED) is 0.215. The first-order valence-corrected chi connectivity index (χ1v) is 17.2. The van der Waals surface area contributed by atoms with Gasteiger partial charge in [0.15, 0.2) is 16.6 Å². The molecule has 0 aliphatic rings. The van der Waals surface area contributed by atoms with Gasteiger partial charge >= 0.3 is 12.1 Å². The number of hydrogen-bond donors (Lipinski definition) is 4. The highest BCUT2D eigenvalue weighted by Gasteiger charge is 2.21. The van der Waals surface area contributed by atoms with Gasteiger partial charge in [-0.3, -0.25) is 0 Å². The maximum Gasteiger partial charge on any atom is 0.314 e. The topological polar surface area (TPSA) is 101 Å². The van der Waals surface area contributed by atoms with E-state index in [2.05, 4.69) is 47.5 Å². The van der Waals surface area contributed by atoms with Crippen LogP contribution in [0.3, 0.4) is 0 Å². The molecule has 172 valence electrons. The third-order valence-corrected chi connectivity index (χ3v) is 9.75. The summed E-state index contributed by atoms with van der Waals surface area (Å²) in [6.45, 7) is 16.5. The molecule has 0 saturated heterocycles. The van der Waals surface area contributed by atoms with Gasteiger partial charge in [-0.25, -0.2) is 9.59 Å². The highest BCUT2D eigenvalue weighted by Crippen LogP contribution is 2.14. The van der Waals surface area contributed by atoms with Crippen LogP contribution in [0.5, 0.6) is 0 Å². The molecule has 0 aliphatic heterocycles. The molecule has 0 aromatic rings. The van der Waals surface area contributed by atoms with E-state index in [0.717, 1.165) is 44.6 Å². The molecule has 0 aliphatic carbocycles. The van der Waals surface area contributed by atoms with Crippen LogP contribution >= 0.6 is 0 Å². The fourth-order valence-corrected chi connectivity index (χ4v) is 6.98. The Hall–Kier alpha value is -1.11. The van der Waals surface area contributed by atoms with E-state index in [9.17, 15) is 9.59 Å². The molecule has 0 atom stereocenters. The first-order chi connectivity index (χ1) is 13.6. The number of nitrogens with one attached hydrogen (secondary N) is 4. The van der Waals surface area contributed by atoms with Crippen LogP contribution in [0.25, 0.3) is 0 Å². The van der Waals surface area contributed by atoms with Gasteiger partial charge in [0.25, 0.3) is 0 Å². The van der Waals surface area contributed by atoms with Crippen molar-refractivity contribution >= 4 is 28.7 Å². The third kappa shape index (κ3) is 17.5. The van der Waals surface area contributed by atoms with Crippen LogP contribution in [0.15, 0.2) is 0 Å². The molecular weight excluding hydrogens is 404 g/mol. The van der Waals surface area contributed by atoms with Crippen molar-refractivity contribution < 1.29 is 18.4 Å². The Kier molecular flexibility index (Phi) is 15.1. The summed E-state index contributed by atoms with van der Waals surface area (Å²) in [4.78, 5) is 23.5. The van der Waals surface area contributed by atoms with Crippen LogP contribution in [0.1, 0.15) is 33.1 Å². The molecule has 29 heavy (non-hydrogen) atoms. The molecule has 4 N–H and O–H groups in total. The number of unbranched alkanes of at least 4 members (excludes halogenated alkanes) is 1. The molecule has 0 bridgehead atoms. The van der Waals surface area contributed by atoms with Crippen molar-refractivity contribution in [1.29, 1.82) is 0 Å². The van der Waals surface area contributed by atoms with Gasteiger partial charge < -0.3 is 30.1 Å². The second kappa shape index (κ2) is 15.7. The van der Waals surface area contributed by atoms with Crippen LogP contribution in [-0.4, -0.2) is 68.1 Å². The van der Waals surface area contributed by atoms with Crippen molar-refractivity contribution in [3.63, 3.8) is 0 Å². The molecule has 0 radical (unpaired) electrons. The minimum Gasteiger partial charge on any atom is -0.418 e. The highest BCUT2D eigenvalue weighted by atomic mass is 28.4. The maximum absolute atomic E-state index is 11.7. The second-order valence-corrected chi connectivity index (χ2v) is 16.9. The fourth-order valence-electron chi connectivity index (χ4n) is 3.00. The SMILES string of the molecule is CCO[Si](C)(C)CCCCNC(=O)NCCNC(=O)NCCC[Si](C)(C)OCC.